The molecule has 5 rings (SSSR count). The smallest absolute Gasteiger partial charge is 0.318 e. The lowest BCUT2D eigenvalue weighted by Gasteiger charge is -2.36. The number of cyclic esters (lactones) is 2. The summed E-state index contributed by atoms with van der Waals surface area (Å²) in [4.78, 5) is 23.0. The summed E-state index contributed by atoms with van der Waals surface area (Å²) in [6.07, 6.45) is 5.48. The summed E-state index contributed by atoms with van der Waals surface area (Å²) in [5.74, 6) is 1.12. The minimum atomic E-state index is -0.273. The zero-order valence-corrected chi connectivity index (χ0v) is 7.55. The molecule has 2 saturated carbocycles. The third-order valence-corrected chi connectivity index (χ3v) is 4.40. The summed E-state index contributed by atoms with van der Waals surface area (Å²) >= 11 is 0. The van der Waals surface area contributed by atoms with Crippen molar-refractivity contribution < 1.29 is 14.3 Å². The van der Waals surface area contributed by atoms with Crippen molar-refractivity contribution in [3.63, 3.8) is 0 Å². The van der Waals surface area contributed by atoms with Gasteiger partial charge in [0, 0.05) is 0 Å². The molecule has 6 atom stereocenters. The van der Waals surface area contributed by atoms with Gasteiger partial charge in [0.15, 0.2) is 0 Å². The SMILES string of the molecule is O=C1OC(=O)[C@H]2[C@@H]3C=C[C@H]([C@H]4C[C@H]34)[C@H]12. The number of hydrogen-bond acceptors (Lipinski definition) is 3. The lowest BCUT2D eigenvalue weighted by atomic mass is 9.63. The summed E-state index contributed by atoms with van der Waals surface area (Å²) in [6.45, 7) is 0. The van der Waals surface area contributed by atoms with Crippen LogP contribution >= 0.6 is 0 Å². The van der Waals surface area contributed by atoms with Crippen molar-refractivity contribution in [3.05, 3.63) is 12.2 Å². The Morgan fingerprint density at radius 2 is 1.50 bits per heavy atom. The molecule has 0 aromatic rings. The number of hydrogen-bond donors (Lipinski definition) is 0. The van der Waals surface area contributed by atoms with Crippen molar-refractivity contribution >= 4 is 11.9 Å². The predicted molar refractivity (Wildman–Crippen MR) is 45.8 cm³/mol. The van der Waals surface area contributed by atoms with E-state index in [1.807, 2.05) is 0 Å². The number of ether oxygens (including phenoxy) is 1. The highest BCUT2D eigenvalue weighted by molar-refractivity contribution is 5.97. The highest BCUT2D eigenvalue weighted by Gasteiger charge is 2.66. The first-order valence-corrected chi connectivity index (χ1v) is 5.21. The van der Waals surface area contributed by atoms with Crippen LogP contribution in [0.25, 0.3) is 0 Å². The molecule has 0 unspecified atom stereocenters. The van der Waals surface area contributed by atoms with Gasteiger partial charge in [0.1, 0.15) is 0 Å². The molecule has 1 heterocycles. The Labute approximate surface area is 81.1 Å². The summed E-state index contributed by atoms with van der Waals surface area (Å²) in [7, 11) is 0. The molecule has 3 fully saturated rings. The monoisotopic (exact) mass is 190 g/mol. The molecule has 3 heteroatoms. The maximum atomic E-state index is 11.5. The Balaban J connectivity index is 1.88. The van der Waals surface area contributed by atoms with Crippen molar-refractivity contribution in [1.82, 2.24) is 0 Å². The second-order valence-corrected chi connectivity index (χ2v) is 4.89. The van der Waals surface area contributed by atoms with Crippen LogP contribution in [-0.2, 0) is 14.3 Å². The Bertz CT molecular complexity index is 350. The van der Waals surface area contributed by atoms with Crippen molar-refractivity contribution in [3.8, 4) is 0 Å². The molecule has 1 aliphatic heterocycles. The number of allylic oxidation sites excluding steroid dienone is 2. The molecule has 3 nitrogen and oxygen atoms in total. The van der Waals surface area contributed by atoms with Crippen LogP contribution in [0.3, 0.4) is 0 Å². The van der Waals surface area contributed by atoms with E-state index in [4.69, 9.17) is 4.74 Å². The van der Waals surface area contributed by atoms with Crippen LogP contribution in [0.2, 0.25) is 0 Å². The van der Waals surface area contributed by atoms with Crippen molar-refractivity contribution in [2.24, 2.45) is 35.5 Å². The van der Waals surface area contributed by atoms with Crippen LogP contribution in [0.1, 0.15) is 6.42 Å². The summed E-state index contributed by atoms with van der Waals surface area (Å²) in [5, 5.41) is 0. The zero-order chi connectivity index (χ0) is 9.45. The standard InChI is InChI=1S/C11H10O3/c12-10-8-4-1-2-5(7-3-6(4)7)9(8)11(13)14-10/h1-2,4-9H,3H2/t4-,5-,6-,7-,8+,9+/m1/s1. The molecule has 4 aliphatic carbocycles. The van der Waals surface area contributed by atoms with E-state index in [0.717, 1.165) is 0 Å². The Hall–Kier alpha value is -1.12. The lowest BCUT2D eigenvalue weighted by molar-refractivity contribution is -0.154. The van der Waals surface area contributed by atoms with Gasteiger partial charge in [-0.2, -0.15) is 0 Å². The molecule has 0 spiro atoms. The molecule has 0 N–H and O–H groups in total. The lowest BCUT2D eigenvalue weighted by Crippen LogP contribution is -2.40. The molecule has 14 heavy (non-hydrogen) atoms. The molecule has 0 radical (unpaired) electrons. The molecular weight excluding hydrogens is 180 g/mol. The van der Waals surface area contributed by atoms with Gasteiger partial charge in [0.05, 0.1) is 11.8 Å². The fourth-order valence-corrected chi connectivity index (χ4v) is 3.76. The fourth-order valence-electron chi connectivity index (χ4n) is 3.76. The Morgan fingerprint density at radius 1 is 1.00 bits per heavy atom. The highest BCUT2D eigenvalue weighted by Crippen LogP contribution is 2.65. The van der Waals surface area contributed by atoms with E-state index < -0.39 is 0 Å². The first kappa shape index (κ1) is 7.21. The Kier molecular flexibility index (Phi) is 1.00. The third-order valence-electron chi connectivity index (χ3n) is 4.40. The molecule has 0 amide bonds. The van der Waals surface area contributed by atoms with Gasteiger partial charge in [-0.1, -0.05) is 12.2 Å². The molecular formula is C11H10O3. The Morgan fingerprint density at radius 3 is 2.00 bits per heavy atom. The minimum Gasteiger partial charge on any atom is -0.393 e. The van der Waals surface area contributed by atoms with Gasteiger partial charge in [-0.05, 0) is 30.1 Å². The maximum Gasteiger partial charge on any atom is 0.318 e. The van der Waals surface area contributed by atoms with Crippen LogP contribution in [0.4, 0.5) is 0 Å². The molecule has 0 aromatic heterocycles. The number of rotatable bonds is 0. The maximum absolute atomic E-state index is 11.5. The number of esters is 2. The van der Waals surface area contributed by atoms with E-state index in [1.165, 1.54) is 6.42 Å². The van der Waals surface area contributed by atoms with E-state index >= 15 is 0 Å². The van der Waals surface area contributed by atoms with E-state index in [1.54, 1.807) is 0 Å². The zero-order valence-electron chi connectivity index (χ0n) is 7.55. The van der Waals surface area contributed by atoms with Crippen LogP contribution in [0, 0.1) is 35.5 Å². The van der Waals surface area contributed by atoms with Gasteiger partial charge in [-0.15, -0.1) is 0 Å². The van der Waals surface area contributed by atoms with E-state index in [2.05, 4.69) is 12.2 Å². The van der Waals surface area contributed by atoms with Crippen LogP contribution in [0.5, 0.6) is 0 Å². The van der Waals surface area contributed by atoms with E-state index in [0.29, 0.717) is 23.7 Å². The molecule has 2 bridgehead atoms. The van der Waals surface area contributed by atoms with Gasteiger partial charge in [-0.3, -0.25) is 9.59 Å². The van der Waals surface area contributed by atoms with Gasteiger partial charge in [-0.25, -0.2) is 0 Å². The van der Waals surface area contributed by atoms with Gasteiger partial charge >= 0.3 is 11.9 Å². The van der Waals surface area contributed by atoms with Crippen molar-refractivity contribution in [1.29, 1.82) is 0 Å². The number of carbonyl (C=O) groups is 2. The van der Waals surface area contributed by atoms with Gasteiger partial charge in [0.25, 0.3) is 0 Å². The normalized spacial score (nSPS) is 56.9. The summed E-state index contributed by atoms with van der Waals surface area (Å²) in [6, 6.07) is 0. The molecule has 1 saturated heterocycles. The first-order chi connectivity index (χ1) is 6.77. The second-order valence-electron chi connectivity index (χ2n) is 4.89. The topological polar surface area (TPSA) is 43.4 Å². The molecule has 0 aromatic carbocycles. The fraction of sp³-hybridized carbons (Fsp3) is 0.636. The molecule has 5 aliphatic rings. The quantitative estimate of drug-likeness (QED) is 0.321. The average Bonchev–Trinajstić information content (AvgIpc) is 2.92. The minimum absolute atomic E-state index is 0.138. The predicted octanol–water partition coefficient (Wildman–Crippen LogP) is 0.754. The van der Waals surface area contributed by atoms with E-state index in [-0.39, 0.29) is 23.8 Å². The first-order valence-electron chi connectivity index (χ1n) is 5.21. The second kappa shape index (κ2) is 1.95. The van der Waals surface area contributed by atoms with Crippen LogP contribution in [-0.4, -0.2) is 11.9 Å². The van der Waals surface area contributed by atoms with Crippen molar-refractivity contribution in [2.45, 2.75) is 6.42 Å². The van der Waals surface area contributed by atoms with Crippen LogP contribution in [0.15, 0.2) is 12.2 Å². The van der Waals surface area contributed by atoms with Gasteiger partial charge in [0.2, 0.25) is 0 Å². The van der Waals surface area contributed by atoms with Gasteiger partial charge < -0.3 is 4.74 Å². The van der Waals surface area contributed by atoms with Crippen molar-refractivity contribution in [2.75, 3.05) is 0 Å². The summed E-state index contributed by atoms with van der Waals surface area (Å²) in [5.41, 5.74) is 0. The summed E-state index contributed by atoms with van der Waals surface area (Å²) < 4.78 is 4.74. The largest absolute Gasteiger partial charge is 0.393 e. The van der Waals surface area contributed by atoms with E-state index in [9.17, 15) is 9.59 Å². The van der Waals surface area contributed by atoms with Crippen LogP contribution < -0.4 is 0 Å². The third kappa shape index (κ3) is 0.606. The average molecular weight is 190 g/mol. The number of carbonyl (C=O) groups excluding carboxylic acids is 2. The highest BCUT2D eigenvalue weighted by atomic mass is 16.6. The molecule has 72 valence electrons.